The summed E-state index contributed by atoms with van der Waals surface area (Å²) >= 11 is 0. The van der Waals surface area contributed by atoms with Gasteiger partial charge in [0, 0.05) is 5.92 Å². The molecule has 116 valence electrons. The van der Waals surface area contributed by atoms with Gasteiger partial charge in [0.25, 0.3) is 0 Å². The minimum Gasteiger partial charge on any atom is -0.465 e. The van der Waals surface area contributed by atoms with E-state index in [0.29, 0.717) is 12.8 Å². The Bertz CT molecular complexity index is 459. The van der Waals surface area contributed by atoms with Gasteiger partial charge in [0.2, 0.25) is 0 Å². The van der Waals surface area contributed by atoms with Gasteiger partial charge >= 0.3 is 11.9 Å². The van der Waals surface area contributed by atoms with E-state index in [9.17, 15) is 14.7 Å². The van der Waals surface area contributed by atoms with E-state index in [1.165, 1.54) is 0 Å². The third kappa shape index (κ3) is 3.35. The summed E-state index contributed by atoms with van der Waals surface area (Å²) < 4.78 is 10.1. The number of rotatable bonds is 5. The molecule has 0 amide bonds. The molecule has 21 heavy (non-hydrogen) atoms. The summed E-state index contributed by atoms with van der Waals surface area (Å²) in [5, 5.41) is 9.66. The van der Waals surface area contributed by atoms with Crippen LogP contribution in [0.1, 0.15) is 33.1 Å². The van der Waals surface area contributed by atoms with Crippen LogP contribution in [0.4, 0.5) is 0 Å². The number of esters is 2. The molecule has 5 nitrogen and oxygen atoms in total. The van der Waals surface area contributed by atoms with E-state index >= 15 is 0 Å². The highest BCUT2D eigenvalue weighted by molar-refractivity contribution is 5.96. The molecule has 0 aromatic heterocycles. The van der Waals surface area contributed by atoms with Crippen LogP contribution >= 0.6 is 0 Å². The van der Waals surface area contributed by atoms with Crippen molar-refractivity contribution in [2.24, 2.45) is 11.8 Å². The van der Waals surface area contributed by atoms with Crippen molar-refractivity contribution in [3.8, 4) is 0 Å². The molecule has 2 rings (SSSR count). The van der Waals surface area contributed by atoms with Gasteiger partial charge in [-0.25, -0.2) is 0 Å². The number of allylic oxidation sites excluding steroid dienone is 2. The molecule has 2 aliphatic carbocycles. The van der Waals surface area contributed by atoms with E-state index in [4.69, 9.17) is 9.47 Å². The van der Waals surface area contributed by atoms with E-state index < -0.39 is 24.0 Å². The van der Waals surface area contributed by atoms with Crippen molar-refractivity contribution in [1.82, 2.24) is 0 Å². The molecule has 1 N–H and O–H groups in total. The van der Waals surface area contributed by atoms with Gasteiger partial charge in [0.05, 0.1) is 19.3 Å². The molecule has 0 aliphatic heterocycles. The van der Waals surface area contributed by atoms with E-state index in [1.54, 1.807) is 13.8 Å². The van der Waals surface area contributed by atoms with Crippen molar-refractivity contribution in [2.75, 3.05) is 13.2 Å². The standard InChI is InChI=1S/C16H22O5/c1-3-20-15(18)14(16(19)21-4-2)13-7-5-10-9-11(17)6-8-12(10)13/h8-9,11,13-14,17H,3-7H2,1-2H3. The molecule has 2 unspecified atom stereocenters. The van der Waals surface area contributed by atoms with Crippen LogP contribution in [0.5, 0.6) is 0 Å². The summed E-state index contributed by atoms with van der Waals surface area (Å²) in [5.74, 6) is -2.15. The molecule has 1 fully saturated rings. The zero-order valence-corrected chi connectivity index (χ0v) is 12.5. The van der Waals surface area contributed by atoms with Crippen molar-refractivity contribution in [1.29, 1.82) is 0 Å². The second-order valence-electron chi connectivity index (χ2n) is 5.28. The third-order valence-electron chi connectivity index (χ3n) is 3.95. The lowest BCUT2D eigenvalue weighted by Gasteiger charge is -2.23. The number of hydrogen-bond donors (Lipinski definition) is 1. The maximum atomic E-state index is 12.2. The Morgan fingerprint density at radius 3 is 2.48 bits per heavy atom. The van der Waals surface area contributed by atoms with Crippen LogP contribution in [0, 0.1) is 11.8 Å². The maximum Gasteiger partial charge on any atom is 0.320 e. The quantitative estimate of drug-likeness (QED) is 0.618. The summed E-state index contributed by atoms with van der Waals surface area (Å²) in [4.78, 5) is 24.3. The Balaban J connectivity index is 2.23. The van der Waals surface area contributed by atoms with E-state index in [-0.39, 0.29) is 19.1 Å². The van der Waals surface area contributed by atoms with Gasteiger partial charge in [-0.05, 0) is 44.3 Å². The molecule has 0 heterocycles. The van der Waals surface area contributed by atoms with Gasteiger partial charge in [0.15, 0.2) is 5.92 Å². The van der Waals surface area contributed by atoms with Crippen LogP contribution in [0.25, 0.3) is 0 Å². The Morgan fingerprint density at radius 1 is 1.29 bits per heavy atom. The fourth-order valence-electron chi connectivity index (χ4n) is 3.09. The summed E-state index contributed by atoms with van der Waals surface area (Å²) in [6.45, 7) is 3.91. The van der Waals surface area contributed by atoms with Crippen molar-refractivity contribution in [3.05, 3.63) is 23.3 Å². The fourth-order valence-corrected chi connectivity index (χ4v) is 3.09. The second kappa shape index (κ2) is 6.89. The van der Waals surface area contributed by atoms with Crippen molar-refractivity contribution < 1.29 is 24.2 Å². The summed E-state index contributed by atoms with van der Waals surface area (Å²) in [6.07, 6.45) is 5.28. The Morgan fingerprint density at radius 2 is 1.90 bits per heavy atom. The van der Waals surface area contributed by atoms with Crippen molar-refractivity contribution in [2.45, 2.75) is 39.2 Å². The number of hydrogen-bond acceptors (Lipinski definition) is 5. The van der Waals surface area contributed by atoms with E-state index in [0.717, 1.165) is 17.6 Å². The average Bonchev–Trinajstić information content (AvgIpc) is 2.82. The number of aliphatic hydroxyl groups is 1. The number of carbonyl (C=O) groups excluding carboxylic acids is 2. The molecule has 0 bridgehead atoms. The van der Waals surface area contributed by atoms with Gasteiger partial charge in [-0.15, -0.1) is 0 Å². The van der Waals surface area contributed by atoms with Gasteiger partial charge in [0.1, 0.15) is 0 Å². The molecule has 0 saturated heterocycles. The van der Waals surface area contributed by atoms with Crippen LogP contribution in [-0.2, 0) is 19.1 Å². The maximum absolute atomic E-state index is 12.2. The van der Waals surface area contributed by atoms with Crippen molar-refractivity contribution in [3.63, 3.8) is 0 Å². The Labute approximate surface area is 124 Å². The number of fused-ring (bicyclic) bond motifs is 1. The second-order valence-corrected chi connectivity index (χ2v) is 5.28. The minimum atomic E-state index is -0.905. The third-order valence-corrected chi connectivity index (χ3v) is 3.95. The van der Waals surface area contributed by atoms with Crippen LogP contribution in [0.2, 0.25) is 0 Å². The van der Waals surface area contributed by atoms with Gasteiger partial charge in [-0.2, -0.15) is 0 Å². The Hall–Kier alpha value is -1.62. The largest absolute Gasteiger partial charge is 0.465 e. The zero-order valence-electron chi connectivity index (χ0n) is 12.5. The van der Waals surface area contributed by atoms with Crippen LogP contribution < -0.4 is 0 Å². The van der Waals surface area contributed by atoms with Crippen LogP contribution in [0.15, 0.2) is 23.3 Å². The lowest BCUT2D eigenvalue weighted by Crippen LogP contribution is -2.34. The van der Waals surface area contributed by atoms with Crippen molar-refractivity contribution >= 4 is 11.9 Å². The molecule has 2 atom stereocenters. The number of aliphatic hydroxyl groups excluding tert-OH is 1. The molecular formula is C16H22O5. The first kappa shape index (κ1) is 15.8. The topological polar surface area (TPSA) is 72.8 Å². The van der Waals surface area contributed by atoms with Crippen LogP contribution in [0.3, 0.4) is 0 Å². The predicted octanol–water partition coefficient (Wildman–Crippen LogP) is 1.76. The summed E-state index contributed by atoms with van der Waals surface area (Å²) in [7, 11) is 0. The van der Waals surface area contributed by atoms with E-state index in [1.807, 2.05) is 12.2 Å². The van der Waals surface area contributed by atoms with Gasteiger partial charge in [-0.1, -0.05) is 12.2 Å². The SMILES string of the molecule is CCOC(=O)C(C(=O)OCC)C1CCC2=CC(O)CC=C21. The highest BCUT2D eigenvalue weighted by Crippen LogP contribution is 2.43. The van der Waals surface area contributed by atoms with Gasteiger partial charge in [-0.3, -0.25) is 9.59 Å². The Kier molecular flexibility index (Phi) is 5.17. The first-order valence-electron chi connectivity index (χ1n) is 7.50. The molecule has 0 spiro atoms. The van der Waals surface area contributed by atoms with Gasteiger partial charge < -0.3 is 14.6 Å². The smallest absolute Gasteiger partial charge is 0.320 e. The molecule has 0 aromatic carbocycles. The molecule has 0 aromatic rings. The highest BCUT2D eigenvalue weighted by atomic mass is 16.6. The molecule has 5 heteroatoms. The molecule has 2 aliphatic rings. The summed E-state index contributed by atoms with van der Waals surface area (Å²) in [6, 6.07) is 0. The minimum absolute atomic E-state index is 0.207. The zero-order chi connectivity index (χ0) is 15.4. The van der Waals surface area contributed by atoms with E-state index in [2.05, 4.69) is 0 Å². The first-order valence-corrected chi connectivity index (χ1v) is 7.50. The summed E-state index contributed by atoms with van der Waals surface area (Å²) in [5.41, 5.74) is 2.03. The van der Waals surface area contributed by atoms with Crippen LogP contribution in [-0.4, -0.2) is 36.4 Å². The number of ether oxygens (including phenoxy) is 2. The predicted molar refractivity (Wildman–Crippen MR) is 76.3 cm³/mol. The monoisotopic (exact) mass is 294 g/mol. The lowest BCUT2D eigenvalue weighted by atomic mass is 9.84. The number of carbonyl (C=O) groups is 2. The molecule has 0 radical (unpaired) electrons. The lowest BCUT2D eigenvalue weighted by molar-refractivity contribution is -0.163. The average molecular weight is 294 g/mol. The first-order chi connectivity index (χ1) is 10.1. The molecule has 1 saturated carbocycles. The molecular weight excluding hydrogens is 272 g/mol. The normalized spacial score (nSPS) is 24.2. The highest BCUT2D eigenvalue weighted by Gasteiger charge is 2.43. The fraction of sp³-hybridized carbons (Fsp3) is 0.625.